The molecule has 0 saturated carbocycles. The largest absolute Gasteiger partial charge is 0.493 e. The Kier molecular flexibility index (Phi) is 8.17. The molecule has 0 atom stereocenters. The number of carbonyl (C=O) groups is 1. The number of nitrogens with one attached hydrogen (secondary N) is 1. The smallest absolute Gasteiger partial charge is 0.387 e. The number of carbonyl (C=O) groups excluding carboxylic acids is 1. The van der Waals surface area contributed by atoms with Gasteiger partial charge in [0.1, 0.15) is 0 Å². The number of halogens is 2. The van der Waals surface area contributed by atoms with Gasteiger partial charge in [-0.2, -0.15) is 8.78 Å². The summed E-state index contributed by atoms with van der Waals surface area (Å²) >= 11 is 0. The summed E-state index contributed by atoms with van der Waals surface area (Å²) in [6.07, 6.45) is 0. The number of ether oxygens (including phenoxy) is 2. The van der Waals surface area contributed by atoms with Crippen molar-refractivity contribution in [1.29, 1.82) is 0 Å². The molecular formula is C20H25F2N3O5S. The zero-order valence-corrected chi connectivity index (χ0v) is 18.4. The summed E-state index contributed by atoms with van der Waals surface area (Å²) in [6.45, 7) is -2.81. The molecule has 2 aromatic carbocycles. The fourth-order valence-corrected chi connectivity index (χ4v) is 3.87. The Morgan fingerprint density at radius 3 is 2.39 bits per heavy atom. The second-order valence-corrected chi connectivity index (χ2v) is 8.89. The summed E-state index contributed by atoms with van der Waals surface area (Å²) in [4.78, 5) is 14.0. The van der Waals surface area contributed by atoms with E-state index < -0.39 is 22.7 Å². The molecule has 170 valence electrons. The minimum absolute atomic E-state index is 0.0108. The molecule has 0 aliphatic rings. The number of methoxy groups -OCH3 is 1. The Bertz CT molecular complexity index is 1020. The van der Waals surface area contributed by atoms with Crippen LogP contribution < -0.4 is 14.8 Å². The molecule has 11 heteroatoms. The molecule has 0 spiro atoms. The van der Waals surface area contributed by atoms with Gasteiger partial charge in [0.05, 0.1) is 12.0 Å². The highest BCUT2D eigenvalue weighted by Crippen LogP contribution is 2.29. The second kappa shape index (κ2) is 10.4. The number of benzene rings is 2. The molecule has 0 aromatic heterocycles. The van der Waals surface area contributed by atoms with Gasteiger partial charge in [0.25, 0.3) is 0 Å². The van der Waals surface area contributed by atoms with Gasteiger partial charge >= 0.3 is 12.6 Å². The van der Waals surface area contributed by atoms with Crippen LogP contribution in [-0.2, 0) is 23.1 Å². The van der Waals surface area contributed by atoms with Gasteiger partial charge in [0.15, 0.2) is 11.5 Å². The highest BCUT2D eigenvalue weighted by molar-refractivity contribution is 7.89. The monoisotopic (exact) mass is 457 g/mol. The number of urea groups is 1. The van der Waals surface area contributed by atoms with Crippen LogP contribution in [0.3, 0.4) is 0 Å². The van der Waals surface area contributed by atoms with E-state index in [-0.39, 0.29) is 29.5 Å². The van der Waals surface area contributed by atoms with Crippen molar-refractivity contribution in [3.63, 3.8) is 0 Å². The lowest BCUT2D eigenvalue weighted by atomic mass is 10.2. The summed E-state index contributed by atoms with van der Waals surface area (Å²) in [7, 11) is 2.09. The highest BCUT2D eigenvalue weighted by atomic mass is 32.2. The predicted molar refractivity (Wildman–Crippen MR) is 111 cm³/mol. The summed E-state index contributed by atoms with van der Waals surface area (Å²) in [5.41, 5.74) is 1.08. The van der Waals surface area contributed by atoms with Crippen LogP contribution in [0.15, 0.2) is 47.4 Å². The SMILES string of the molecule is COc1cc(CN(C)C(=O)NCc2ccccc2S(=O)(=O)N(C)C)ccc1OC(F)F. The first kappa shape index (κ1) is 24.4. The van der Waals surface area contributed by atoms with Gasteiger partial charge in [0.2, 0.25) is 10.0 Å². The third kappa shape index (κ3) is 6.28. The van der Waals surface area contributed by atoms with Crippen LogP contribution in [0.25, 0.3) is 0 Å². The van der Waals surface area contributed by atoms with E-state index in [4.69, 9.17) is 4.74 Å². The van der Waals surface area contributed by atoms with Crippen LogP contribution in [-0.4, -0.2) is 58.5 Å². The lowest BCUT2D eigenvalue weighted by molar-refractivity contribution is -0.0512. The zero-order valence-electron chi connectivity index (χ0n) is 17.6. The Hall–Kier alpha value is -2.92. The molecule has 31 heavy (non-hydrogen) atoms. The number of alkyl halides is 2. The second-order valence-electron chi connectivity index (χ2n) is 6.77. The number of nitrogens with zero attached hydrogens (tertiary/aromatic N) is 2. The average Bonchev–Trinajstić information content (AvgIpc) is 2.72. The topological polar surface area (TPSA) is 88.2 Å². The van der Waals surface area contributed by atoms with Crippen molar-refractivity contribution in [1.82, 2.24) is 14.5 Å². The van der Waals surface area contributed by atoms with Crippen LogP contribution in [0.4, 0.5) is 13.6 Å². The minimum atomic E-state index is -3.66. The normalized spacial score (nSPS) is 11.5. The maximum absolute atomic E-state index is 12.5. The van der Waals surface area contributed by atoms with Gasteiger partial charge in [-0.3, -0.25) is 0 Å². The minimum Gasteiger partial charge on any atom is -0.493 e. The van der Waals surface area contributed by atoms with Crippen LogP contribution in [0, 0.1) is 0 Å². The third-order valence-electron chi connectivity index (χ3n) is 4.37. The molecule has 8 nitrogen and oxygen atoms in total. The molecule has 2 rings (SSSR count). The molecule has 0 bridgehead atoms. The molecule has 0 radical (unpaired) electrons. The van der Waals surface area contributed by atoms with E-state index >= 15 is 0 Å². The van der Waals surface area contributed by atoms with Crippen LogP contribution >= 0.6 is 0 Å². The first-order valence-electron chi connectivity index (χ1n) is 9.17. The Morgan fingerprint density at radius 2 is 1.77 bits per heavy atom. The molecule has 2 amide bonds. The summed E-state index contributed by atoms with van der Waals surface area (Å²) in [5, 5.41) is 2.69. The molecular weight excluding hydrogens is 432 g/mol. The lowest BCUT2D eigenvalue weighted by Gasteiger charge is -2.20. The quantitative estimate of drug-likeness (QED) is 0.626. The van der Waals surface area contributed by atoms with E-state index in [2.05, 4.69) is 10.1 Å². The Labute approximate surface area is 180 Å². The maximum Gasteiger partial charge on any atom is 0.387 e. The number of rotatable bonds is 9. The van der Waals surface area contributed by atoms with Crippen LogP contribution in [0.5, 0.6) is 11.5 Å². The van der Waals surface area contributed by atoms with Crippen molar-refractivity contribution < 1.29 is 31.5 Å². The van der Waals surface area contributed by atoms with E-state index in [1.165, 1.54) is 44.3 Å². The Balaban J connectivity index is 2.06. The first-order valence-corrected chi connectivity index (χ1v) is 10.6. The summed E-state index contributed by atoms with van der Waals surface area (Å²) in [6, 6.07) is 10.4. The lowest BCUT2D eigenvalue weighted by Crippen LogP contribution is -2.36. The molecule has 0 saturated heterocycles. The summed E-state index contributed by atoms with van der Waals surface area (Å²) < 4.78 is 60.4. The molecule has 0 aliphatic carbocycles. The van der Waals surface area contributed by atoms with Gasteiger partial charge < -0.3 is 19.7 Å². The Morgan fingerprint density at radius 1 is 1.10 bits per heavy atom. The molecule has 0 fully saturated rings. The van der Waals surface area contributed by atoms with Crippen LogP contribution in [0.2, 0.25) is 0 Å². The predicted octanol–water partition coefficient (Wildman–Crippen LogP) is 2.89. The van der Waals surface area contributed by atoms with E-state index in [9.17, 15) is 22.0 Å². The fraction of sp³-hybridized carbons (Fsp3) is 0.350. The van der Waals surface area contributed by atoms with Gasteiger partial charge in [-0.05, 0) is 29.3 Å². The van der Waals surface area contributed by atoms with Gasteiger partial charge in [-0.1, -0.05) is 24.3 Å². The van der Waals surface area contributed by atoms with E-state index in [0.29, 0.717) is 11.1 Å². The number of hydrogen-bond acceptors (Lipinski definition) is 5. The molecule has 0 heterocycles. The molecule has 0 aliphatic heterocycles. The molecule has 2 aromatic rings. The average molecular weight is 457 g/mol. The molecule has 0 unspecified atom stereocenters. The van der Waals surface area contributed by atoms with Crippen molar-refractivity contribution in [3.8, 4) is 11.5 Å². The zero-order chi connectivity index (χ0) is 23.2. The first-order chi connectivity index (χ1) is 14.6. The molecule has 1 N–H and O–H groups in total. The number of amides is 2. The third-order valence-corrected chi connectivity index (χ3v) is 6.29. The van der Waals surface area contributed by atoms with E-state index in [1.807, 2.05) is 0 Å². The van der Waals surface area contributed by atoms with Gasteiger partial charge in [-0.25, -0.2) is 17.5 Å². The number of hydrogen-bond donors (Lipinski definition) is 1. The van der Waals surface area contributed by atoms with Crippen molar-refractivity contribution in [2.45, 2.75) is 24.6 Å². The van der Waals surface area contributed by atoms with E-state index in [0.717, 1.165) is 4.31 Å². The van der Waals surface area contributed by atoms with Crippen molar-refractivity contribution in [2.24, 2.45) is 0 Å². The van der Waals surface area contributed by atoms with Crippen molar-refractivity contribution >= 4 is 16.1 Å². The standard InChI is InChI=1S/C20H25F2N3O5S/c1-24(2)31(27,28)18-8-6-5-7-15(18)12-23-20(26)25(3)13-14-9-10-16(30-19(21)22)17(11-14)29-4/h5-11,19H,12-13H2,1-4H3,(H,23,26). The number of sulfonamides is 1. The highest BCUT2D eigenvalue weighted by Gasteiger charge is 2.21. The summed E-state index contributed by atoms with van der Waals surface area (Å²) in [5.74, 6) is 0.0153. The van der Waals surface area contributed by atoms with Gasteiger partial charge in [0, 0.05) is 34.2 Å². The maximum atomic E-state index is 12.5. The van der Waals surface area contributed by atoms with Crippen LogP contribution in [0.1, 0.15) is 11.1 Å². The van der Waals surface area contributed by atoms with Crippen molar-refractivity contribution in [2.75, 3.05) is 28.3 Å². The van der Waals surface area contributed by atoms with Crippen molar-refractivity contribution in [3.05, 3.63) is 53.6 Å². The fourth-order valence-electron chi connectivity index (χ4n) is 2.75. The van der Waals surface area contributed by atoms with Gasteiger partial charge in [-0.15, -0.1) is 0 Å². The van der Waals surface area contributed by atoms with E-state index in [1.54, 1.807) is 31.3 Å².